The highest BCUT2D eigenvalue weighted by Gasteiger charge is 2.06. The molecule has 0 spiro atoms. The lowest BCUT2D eigenvalue weighted by Crippen LogP contribution is -2.37. The zero-order chi connectivity index (χ0) is 21.6. The van der Waals surface area contributed by atoms with Gasteiger partial charge in [0.1, 0.15) is 0 Å². The molecule has 0 aliphatic rings. The van der Waals surface area contributed by atoms with E-state index in [9.17, 15) is 0 Å². The fourth-order valence-electron chi connectivity index (χ4n) is 3.16. The lowest BCUT2D eigenvalue weighted by atomic mass is 10.1. The molecule has 0 aliphatic heterocycles. The van der Waals surface area contributed by atoms with Gasteiger partial charge in [-0.25, -0.2) is 4.99 Å². The quantitative estimate of drug-likeness (QED) is 0.314. The molecule has 6 nitrogen and oxygen atoms in total. The SMILES string of the molecule is CCNC(=NCc1ccccc1COC)NCCCc1ccc(OC)c(OCC)c1. The summed E-state index contributed by atoms with van der Waals surface area (Å²) in [6.45, 7) is 7.54. The number of nitrogens with zero attached hydrogens (tertiary/aromatic N) is 1. The molecular weight excluding hydrogens is 378 g/mol. The Labute approximate surface area is 180 Å². The van der Waals surface area contributed by atoms with Crippen molar-refractivity contribution < 1.29 is 14.2 Å². The smallest absolute Gasteiger partial charge is 0.191 e. The van der Waals surface area contributed by atoms with Crippen molar-refractivity contribution in [2.45, 2.75) is 39.8 Å². The first-order valence-electron chi connectivity index (χ1n) is 10.6. The predicted molar refractivity (Wildman–Crippen MR) is 122 cm³/mol. The van der Waals surface area contributed by atoms with Crippen LogP contribution in [0.15, 0.2) is 47.5 Å². The molecule has 0 saturated heterocycles. The van der Waals surface area contributed by atoms with E-state index in [1.807, 2.05) is 25.1 Å². The van der Waals surface area contributed by atoms with Gasteiger partial charge in [0, 0.05) is 20.2 Å². The van der Waals surface area contributed by atoms with Gasteiger partial charge >= 0.3 is 0 Å². The zero-order valence-electron chi connectivity index (χ0n) is 18.7. The fraction of sp³-hybridized carbons (Fsp3) is 0.458. The van der Waals surface area contributed by atoms with Crippen molar-refractivity contribution in [2.24, 2.45) is 4.99 Å². The van der Waals surface area contributed by atoms with Crippen molar-refractivity contribution in [1.29, 1.82) is 0 Å². The van der Waals surface area contributed by atoms with Crippen LogP contribution in [-0.2, 0) is 24.3 Å². The zero-order valence-corrected chi connectivity index (χ0v) is 18.7. The number of hydrogen-bond donors (Lipinski definition) is 2. The van der Waals surface area contributed by atoms with Crippen molar-refractivity contribution in [3.05, 3.63) is 59.2 Å². The molecule has 164 valence electrons. The molecule has 0 atom stereocenters. The van der Waals surface area contributed by atoms with E-state index in [4.69, 9.17) is 19.2 Å². The molecule has 0 bridgehead atoms. The van der Waals surface area contributed by atoms with E-state index in [0.29, 0.717) is 19.8 Å². The Hall–Kier alpha value is -2.73. The molecule has 0 aromatic heterocycles. The summed E-state index contributed by atoms with van der Waals surface area (Å²) in [6, 6.07) is 14.4. The van der Waals surface area contributed by atoms with Crippen LogP contribution in [0.5, 0.6) is 11.5 Å². The first-order chi connectivity index (χ1) is 14.7. The number of benzene rings is 2. The Balaban J connectivity index is 1.89. The van der Waals surface area contributed by atoms with E-state index in [-0.39, 0.29) is 0 Å². The molecular formula is C24H35N3O3. The maximum absolute atomic E-state index is 5.67. The molecule has 2 aromatic carbocycles. The van der Waals surface area contributed by atoms with E-state index in [0.717, 1.165) is 43.4 Å². The van der Waals surface area contributed by atoms with E-state index in [1.165, 1.54) is 16.7 Å². The summed E-state index contributed by atoms with van der Waals surface area (Å²) in [5.41, 5.74) is 3.58. The van der Waals surface area contributed by atoms with Gasteiger partial charge in [-0.3, -0.25) is 0 Å². The Kier molecular flexibility index (Phi) is 10.6. The van der Waals surface area contributed by atoms with Crippen molar-refractivity contribution >= 4 is 5.96 Å². The summed E-state index contributed by atoms with van der Waals surface area (Å²) in [6.07, 6.45) is 1.94. The highest BCUT2D eigenvalue weighted by Crippen LogP contribution is 2.28. The number of rotatable bonds is 12. The number of methoxy groups -OCH3 is 2. The highest BCUT2D eigenvalue weighted by atomic mass is 16.5. The second-order valence-corrected chi connectivity index (χ2v) is 6.85. The number of hydrogen-bond acceptors (Lipinski definition) is 4. The molecule has 0 fully saturated rings. The van der Waals surface area contributed by atoms with Gasteiger partial charge in [0.15, 0.2) is 17.5 Å². The number of nitrogens with one attached hydrogen (secondary N) is 2. The van der Waals surface area contributed by atoms with Gasteiger partial charge in [-0.15, -0.1) is 0 Å². The number of guanidine groups is 1. The van der Waals surface area contributed by atoms with Gasteiger partial charge in [-0.05, 0) is 55.5 Å². The molecule has 6 heteroatoms. The van der Waals surface area contributed by atoms with Gasteiger partial charge in [0.25, 0.3) is 0 Å². The van der Waals surface area contributed by atoms with Crippen LogP contribution in [0.3, 0.4) is 0 Å². The minimum atomic E-state index is 0.598. The average Bonchev–Trinajstić information content (AvgIpc) is 2.76. The van der Waals surface area contributed by atoms with Crippen LogP contribution < -0.4 is 20.1 Å². The van der Waals surface area contributed by atoms with E-state index in [1.54, 1.807) is 14.2 Å². The topological polar surface area (TPSA) is 64.1 Å². The molecule has 0 aliphatic carbocycles. The summed E-state index contributed by atoms with van der Waals surface area (Å²) in [7, 11) is 3.38. The van der Waals surface area contributed by atoms with Crippen LogP contribution in [0.25, 0.3) is 0 Å². The highest BCUT2D eigenvalue weighted by molar-refractivity contribution is 5.79. The summed E-state index contributed by atoms with van der Waals surface area (Å²) in [5.74, 6) is 2.40. The standard InChI is InChI=1S/C24H35N3O3/c1-5-25-24(27-17-20-11-7-8-12-21(20)18-28-3)26-15-9-10-19-13-14-22(29-4)23(16-19)30-6-2/h7-8,11-14,16H,5-6,9-10,15,17-18H2,1-4H3,(H2,25,26,27). The third kappa shape index (κ3) is 7.59. The van der Waals surface area contributed by atoms with Crippen molar-refractivity contribution in [1.82, 2.24) is 10.6 Å². The van der Waals surface area contributed by atoms with Crippen molar-refractivity contribution in [2.75, 3.05) is 33.9 Å². The van der Waals surface area contributed by atoms with Crippen molar-refractivity contribution in [3.8, 4) is 11.5 Å². The predicted octanol–water partition coefficient (Wildman–Crippen LogP) is 3.93. The Morgan fingerprint density at radius 3 is 2.47 bits per heavy atom. The van der Waals surface area contributed by atoms with E-state index >= 15 is 0 Å². The van der Waals surface area contributed by atoms with Gasteiger partial charge in [0.2, 0.25) is 0 Å². The molecule has 0 saturated carbocycles. The van der Waals surface area contributed by atoms with E-state index in [2.05, 4.69) is 41.8 Å². The number of aryl methyl sites for hydroxylation is 1. The first kappa shape index (κ1) is 23.5. The molecule has 0 unspecified atom stereocenters. The van der Waals surface area contributed by atoms with E-state index < -0.39 is 0 Å². The Morgan fingerprint density at radius 1 is 0.967 bits per heavy atom. The normalized spacial score (nSPS) is 11.3. The maximum atomic E-state index is 5.67. The first-order valence-corrected chi connectivity index (χ1v) is 10.6. The Bertz CT molecular complexity index is 793. The van der Waals surface area contributed by atoms with Gasteiger partial charge in [0.05, 0.1) is 26.9 Å². The lowest BCUT2D eigenvalue weighted by Gasteiger charge is -2.13. The molecule has 2 rings (SSSR count). The van der Waals surface area contributed by atoms with Crippen LogP contribution in [-0.4, -0.2) is 39.9 Å². The van der Waals surface area contributed by atoms with Gasteiger partial charge in [-0.1, -0.05) is 30.3 Å². The average molecular weight is 414 g/mol. The third-order valence-electron chi connectivity index (χ3n) is 4.63. The van der Waals surface area contributed by atoms with Crippen LogP contribution >= 0.6 is 0 Å². The minimum Gasteiger partial charge on any atom is -0.493 e. The molecule has 0 amide bonds. The summed E-state index contributed by atoms with van der Waals surface area (Å²) >= 11 is 0. The van der Waals surface area contributed by atoms with Crippen LogP contribution in [0.2, 0.25) is 0 Å². The Morgan fingerprint density at radius 2 is 1.77 bits per heavy atom. The van der Waals surface area contributed by atoms with Gasteiger partial charge in [-0.2, -0.15) is 0 Å². The third-order valence-corrected chi connectivity index (χ3v) is 4.63. The lowest BCUT2D eigenvalue weighted by molar-refractivity contribution is 0.184. The molecule has 30 heavy (non-hydrogen) atoms. The van der Waals surface area contributed by atoms with Crippen LogP contribution in [0.4, 0.5) is 0 Å². The molecule has 2 N–H and O–H groups in total. The van der Waals surface area contributed by atoms with Crippen LogP contribution in [0, 0.1) is 0 Å². The summed E-state index contributed by atoms with van der Waals surface area (Å²) < 4.78 is 16.3. The largest absolute Gasteiger partial charge is 0.493 e. The monoisotopic (exact) mass is 413 g/mol. The number of ether oxygens (including phenoxy) is 3. The summed E-state index contributed by atoms with van der Waals surface area (Å²) in [5, 5.41) is 6.74. The fourth-order valence-corrected chi connectivity index (χ4v) is 3.16. The van der Waals surface area contributed by atoms with Crippen molar-refractivity contribution in [3.63, 3.8) is 0 Å². The molecule has 2 aromatic rings. The maximum Gasteiger partial charge on any atom is 0.191 e. The van der Waals surface area contributed by atoms with Crippen LogP contribution in [0.1, 0.15) is 37.0 Å². The second kappa shape index (κ2) is 13.5. The van der Waals surface area contributed by atoms with Gasteiger partial charge < -0.3 is 24.8 Å². The molecule has 0 heterocycles. The summed E-state index contributed by atoms with van der Waals surface area (Å²) in [4.78, 5) is 4.73. The number of aliphatic imine (C=N–C) groups is 1. The minimum absolute atomic E-state index is 0.598. The second-order valence-electron chi connectivity index (χ2n) is 6.85. The molecule has 0 radical (unpaired) electrons.